The molecule has 1 aliphatic heterocycles. The Morgan fingerprint density at radius 2 is 2.58 bits per heavy atom. The second-order valence-electron chi connectivity index (χ2n) is 3.53. The molecular formula is C9H15N3. The van der Waals surface area contributed by atoms with Crippen LogP contribution in [0, 0.1) is 0 Å². The summed E-state index contributed by atoms with van der Waals surface area (Å²) in [6.07, 6.45) is 4.63. The molecule has 0 fully saturated rings. The summed E-state index contributed by atoms with van der Waals surface area (Å²) >= 11 is 0. The van der Waals surface area contributed by atoms with E-state index in [2.05, 4.69) is 22.7 Å². The Bertz CT molecular complexity index is 277. The summed E-state index contributed by atoms with van der Waals surface area (Å²) in [4.78, 5) is 4.49. The SMILES string of the molecule is CC1CCCn2cc(CN)nc21. The first kappa shape index (κ1) is 7.80. The summed E-state index contributed by atoms with van der Waals surface area (Å²) in [6.45, 7) is 3.91. The molecule has 0 bridgehead atoms. The normalized spacial score (nSPS) is 22.3. The molecule has 0 saturated heterocycles. The summed E-state index contributed by atoms with van der Waals surface area (Å²) in [5.74, 6) is 1.83. The van der Waals surface area contributed by atoms with Gasteiger partial charge in [0.05, 0.1) is 5.69 Å². The van der Waals surface area contributed by atoms with E-state index in [0.29, 0.717) is 12.5 Å². The molecule has 3 nitrogen and oxygen atoms in total. The van der Waals surface area contributed by atoms with Gasteiger partial charge in [0.15, 0.2) is 0 Å². The molecule has 66 valence electrons. The van der Waals surface area contributed by atoms with E-state index in [-0.39, 0.29) is 0 Å². The minimum absolute atomic E-state index is 0.562. The lowest BCUT2D eigenvalue weighted by Gasteiger charge is -2.19. The van der Waals surface area contributed by atoms with Crippen molar-refractivity contribution in [2.45, 2.75) is 38.8 Å². The van der Waals surface area contributed by atoms with Gasteiger partial charge in [-0.05, 0) is 12.8 Å². The third-order valence-corrected chi connectivity index (χ3v) is 2.54. The van der Waals surface area contributed by atoms with Gasteiger partial charge in [0.25, 0.3) is 0 Å². The fourth-order valence-electron chi connectivity index (χ4n) is 1.85. The maximum absolute atomic E-state index is 5.53. The molecule has 1 atom stereocenters. The zero-order valence-corrected chi connectivity index (χ0v) is 7.45. The highest BCUT2D eigenvalue weighted by molar-refractivity contribution is 5.09. The Labute approximate surface area is 72.6 Å². The largest absolute Gasteiger partial charge is 0.334 e. The lowest BCUT2D eigenvalue weighted by Crippen LogP contribution is -2.12. The number of fused-ring (bicyclic) bond motifs is 1. The van der Waals surface area contributed by atoms with E-state index in [4.69, 9.17) is 5.73 Å². The molecule has 0 aliphatic carbocycles. The zero-order chi connectivity index (χ0) is 8.55. The van der Waals surface area contributed by atoms with E-state index in [1.165, 1.54) is 18.7 Å². The molecule has 3 heteroatoms. The second kappa shape index (κ2) is 2.90. The fraction of sp³-hybridized carbons (Fsp3) is 0.667. The Morgan fingerprint density at radius 3 is 3.25 bits per heavy atom. The molecule has 1 aromatic rings. The molecule has 1 aromatic heterocycles. The number of rotatable bonds is 1. The van der Waals surface area contributed by atoms with Gasteiger partial charge < -0.3 is 10.3 Å². The highest BCUT2D eigenvalue weighted by atomic mass is 15.1. The van der Waals surface area contributed by atoms with E-state index in [0.717, 1.165) is 12.2 Å². The Kier molecular flexibility index (Phi) is 1.89. The molecular weight excluding hydrogens is 150 g/mol. The number of nitrogens with zero attached hydrogens (tertiary/aromatic N) is 2. The van der Waals surface area contributed by atoms with E-state index in [9.17, 15) is 0 Å². The molecule has 2 N–H and O–H groups in total. The molecule has 1 aliphatic rings. The van der Waals surface area contributed by atoms with Gasteiger partial charge >= 0.3 is 0 Å². The first-order valence-corrected chi connectivity index (χ1v) is 4.57. The van der Waals surface area contributed by atoms with Crippen LogP contribution in [0.15, 0.2) is 6.20 Å². The van der Waals surface area contributed by atoms with Gasteiger partial charge in [-0.1, -0.05) is 6.92 Å². The molecule has 0 radical (unpaired) electrons. The van der Waals surface area contributed by atoms with Crippen LogP contribution < -0.4 is 5.73 Å². The maximum atomic E-state index is 5.53. The number of aromatic nitrogens is 2. The van der Waals surface area contributed by atoms with Gasteiger partial charge in [-0.15, -0.1) is 0 Å². The summed E-state index contributed by atoms with van der Waals surface area (Å²) in [5, 5.41) is 0. The Balaban J connectivity index is 2.37. The number of hydrogen-bond donors (Lipinski definition) is 1. The molecule has 2 rings (SSSR count). The average Bonchev–Trinajstić information content (AvgIpc) is 2.49. The van der Waals surface area contributed by atoms with Crippen LogP contribution in [-0.4, -0.2) is 9.55 Å². The van der Waals surface area contributed by atoms with Gasteiger partial charge in [0.2, 0.25) is 0 Å². The first-order valence-electron chi connectivity index (χ1n) is 4.57. The van der Waals surface area contributed by atoms with E-state index >= 15 is 0 Å². The van der Waals surface area contributed by atoms with Crippen LogP contribution in [0.25, 0.3) is 0 Å². The van der Waals surface area contributed by atoms with Crippen molar-refractivity contribution in [3.05, 3.63) is 17.7 Å². The van der Waals surface area contributed by atoms with Crippen LogP contribution in [0.4, 0.5) is 0 Å². The van der Waals surface area contributed by atoms with Gasteiger partial charge in [0, 0.05) is 25.2 Å². The quantitative estimate of drug-likeness (QED) is 0.680. The molecule has 0 aromatic carbocycles. The zero-order valence-electron chi connectivity index (χ0n) is 7.45. The van der Waals surface area contributed by atoms with Crippen LogP contribution in [-0.2, 0) is 13.1 Å². The van der Waals surface area contributed by atoms with Gasteiger partial charge in [-0.2, -0.15) is 0 Å². The smallest absolute Gasteiger partial charge is 0.111 e. The molecule has 0 amide bonds. The average molecular weight is 165 g/mol. The Morgan fingerprint density at radius 1 is 1.75 bits per heavy atom. The van der Waals surface area contributed by atoms with E-state index < -0.39 is 0 Å². The molecule has 1 unspecified atom stereocenters. The highest BCUT2D eigenvalue weighted by Crippen LogP contribution is 2.25. The summed E-state index contributed by atoms with van der Waals surface area (Å²) in [5.41, 5.74) is 6.56. The minimum atomic E-state index is 0.562. The number of imidazole rings is 1. The van der Waals surface area contributed by atoms with Crippen molar-refractivity contribution in [1.82, 2.24) is 9.55 Å². The highest BCUT2D eigenvalue weighted by Gasteiger charge is 2.18. The second-order valence-corrected chi connectivity index (χ2v) is 3.53. The van der Waals surface area contributed by atoms with Crippen LogP contribution in [0.1, 0.15) is 37.2 Å². The van der Waals surface area contributed by atoms with Crippen molar-refractivity contribution in [2.75, 3.05) is 0 Å². The van der Waals surface area contributed by atoms with Crippen LogP contribution in [0.3, 0.4) is 0 Å². The Hall–Kier alpha value is -0.830. The van der Waals surface area contributed by atoms with Crippen LogP contribution >= 0.6 is 0 Å². The van der Waals surface area contributed by atoms with Crippen molar-refractivity contribution in [2.24, 2.45) is 5.73 Å². The third kappa shape index (κ3) is 1.14. The maximum Gasteiger partial charge on any atom is 0.111 e. The topological polar surface area (TPSA) is 43.8 Å². The monoisotopic (exact) mass is 165 g/mol. The van der Waals surface area contributed by atoms with Crippen molar-refractivity contribution in [1.29, 1.82) is 0 Å². The molecule has 0 saturated carbocycles. The number of hydrogen-bond acceptors (Lipinski definition) is 2. The van der Waals surface area contributed by atoms with E-state index in [1.54, 1.807) is 0 Å². The predicted molar refractivity (Wildman–Crippen MR) is 47.8 cm³/mol. The molecule has 12 heavy (non-hydrogen) atoms. The number of aryl methyl sites for hydroxylation is 1. The summed E-state index contributed by atoms with van der Waals surface area (Å²) in [6, 6.07) is 0. The van der Waals surface area contributed by atoms with E-state index in [1.807, 2.05) is 0 Å². The summed E-state index contributed by atoms with van der Waals surface area (Å²) in [7, 11) is 0. The summed E-state index contributed by atoms with van der Waals surface area (Å²) < 4.78 is 2.25. The van der Waals surface area contributed by atoms with Gasteiger partial charge in [-0.25, -0.2) is 4.98 Å². The molecule has 2 heterocycles. The lowest BCUT2D eigenvalue weighted by molar-refractivity contribution is 0.463. The van der Waals surface area contributed by atoms with Crippen molar-refractivity contribution in [3.63, 3.8) is 0 Å². The number of nitrogens with two attached hydrogens (primary N) is 1. The third-order valence-electron chi connectivity index (χ3n) is 2.54. The fourth-order valence-corrected chi connectivity index (χ4v) is 1.85. The first-order chi connectivity index (χ1) is 5.81. The van der Waals surface area contributed by atoms with Crippen molar-refractivity contribution < 1.29 is 0 Å². The van der Waals surface area contributed by atoms with Gasteiger partial charge in [0.1, 0.15) is 5.82 Å². The predicted octanol–water partition coefficient (Wildman–Crippen LogP) is 1.24. The van der Waals surface area contributed by atoms with Crippen molar-refractivity contribution in [3.8, 4) is 0 Å². The van der Waals surface area contributed by atoms with Crippen LogP contribution in [0.5, 0.6) is 0 Å². The van der Waals surface area contributed by atoms with Crippen molar-refractivity contribution >= 4 is 0 Å². The standard InChI is InChI=1S/C9H15N3/c1-7-3-2-4-12-6-8(5-10)11-9(7)12/h6-7H,2-5,10H2,1H3. The van der Waals surface area contributed by atoms with Crippen LogP contribution in [0.2, 0.25) is 0 Å². The minimum Gasteiger partial charge on any atom is -0.334 e. The van der Waals surface area contributed by atoms with Gasteiger partial charge in [-0.3, -0.25) is 0 Å². The molecule has 0 spiro atoms. The lowest BCUT2D eigenvalue weighted by atomic mass is 10.0.